The molecule has 1 saturated heterocycles. The number of esters is 2. The molecule has 2 aliphatic heterocycles. The molecular formula is C31H30O11. The van der Waals surface area contributed by atoms with E-state index in [1.165, 1.54) is 21.3 Å². The van der Waals surface area contributed by atoms with Crippen molar-refractivity contribution in [1.82, 2.24) is 0 Å². The molecule has 11 heteroatoms. The van der Waals surface area contributed by atoms with Crippen LogP contribution < -0.4 is 33.2 Å². The summed E-state index contributed by atoms with van der Waals surface area (Å²) in [6.45, 7) is -0.192. The molecule has 4 atom stereocenters. The molecule has 11 nitrogen and oxygen atoms in total. The topological polar surface area (TPSA) is 117 Å². The van der Waals surface area contributed by atoms with Gasteiger partial charge in [0.05, 0.1) is 41.0 Å². The van der Waals surface area contributed by atoms with Gasteiger partial charge in [-0.3, -0.25) is 4.79 Å². The second kappa shape index (κ2) is 11.2. The molecule has 220 valence electrons. The Labute approximate surface area is 242 Å². The van der Waals surface area contributed by atoms with E-state index in [0.29, 0.717) is 45.8 Å². The van der Waals surface area contributed by atoms with Crippen LogP contribution in [-0.4, -0.2) is 60.4 Å². The lowest BCUT2D eigenvalue weighted by Gasteiger charge is -2.38. The highest BCUT2D eigenvalue weighted by atomic mass is 16.7. The average molecular weight is 579 g/mol. The van der Waals surface area contributed by atoms with Crippen LogP contribution >= 0.6 is 0 Å². The van der Waals surface area contributed by atoms with E-state index in [4.69, 9.17) is 42.6 Å². The lowest BCUT2D eigenvalue weighted by Crippen LogP contribution is -2.37. The minimum Gasteiger partial charge on any atom is -0.497 e. The first kappa shape index (κ1) is 27.4. The van der Waals surface area contributed by atoms with E-state index in [-0.39, 0.29) is 20.0 Å². The fraction of sp³-hybridized carbons (Fsp3) is 0.355. The maximum atomic E-state index is 13.3. The normalized spacial score (nSPS) is 21.5. The molecule has 3 aliphatic rings. The zero-order chi connectivity index (χ0) is 29.4. The van der Waals surface area contributed by atoms with Crippen LogP contribution in [0.3, 0.4) is 0 Å². The van der Waals surface area contributed by atoms with Crippen molar-refractivity contribution in [2.75, 3.05) is 48.4 Å². The van der Waals surface area contributed by atoms with E-state index in [9.17, 15) is 9.59 Å². The predicted octanol–water partition coefficient (Wildman–Crippen LogP) is 4.05. The molecule has 0 saturated carbocycles. The van der Waals surface area contributed by atoms with Gasteiger partial charge in [-0.25, -0.2) is 4.79 Å². The van der Waals surface area contributed by atoms with E-state index in [2.05, 4.69) is 0 Å². The maximum absolute atomic E-state index is 13.3. The molecule has 0 radical (unpaired) electrons. The van der Waals surface area contributed by atoms with Gasteiger partial charge >= 0.3 is 11.9 Å². The van der Waals surface area contributed by atoms with Gasteiger partial charge in [0.1, 0.15) is 17.6 Å². The van der Waals surface area contributed by atoms with Gasteiger partial charge in [0, 0.05) is 17.4 Å². The van der Waals surface area contributed by atoms with Crippen LogP contribution in [0.15, 0.2) is 48.5 Å². The lowest BCUT2D eigenvalue weighted by atomic mass is 9.66. The van der Waals surface area contributed by atoms with Crippen LogP contribution in [0.5, 0.6) is 40.2 Å². The fourth-order valence-electron chi connectivity index (χ4n) is 5.93. The largest absolute Gasteiger partial charge is 0.497 e. The van der Waals surface area contributed by atoms with Gasteiger partial charge in [0.15, 0.2) is 29.6 Å². The van der Waals surface area contributed by atoms with E-state index in [1.54, 1.807) is 31.4 Å². The highest BCUT2D eigenvalue weighted by molar-refractivity contribution is 5.79. The van der Waals surface area contributed by atoms with E-state index in [0.717, 1.165) is 11.1 Å². The van der Waals surface area contributed by atoms with Gasteiger partial charge in [-0.05, 0) is 59.7 Å². The van der Waals surface area contributed by atoms with Crippen LogP contribution in [-0.2, 0) is 19.1 Å². The van der Waals surface area contributed by atoms with Crippen LogP contribution in [0.25, 0.3) is 0 Å². The average Bonchev–Trinajstić information content (AvgIpc) is 3.64. The fourth-order valence-corrected chi connectivity index (χ4v) is 5.93. The van der Waals surface area contributed by atoms with Gasteiger partial charge in [0.25, 0.3) is 0 Å². The lowest BCUT2D eigenvalue weighted by molar-refractivity contribution is -0.156. The Balaban J connectivity index is 1.38. The SMILES string of the molecule is COc1ccc(OCC(=O)OC2c3cc4c(cc3C(c3cc(OC)c(OC)c(OC)c3)C3C(=O)OCC23)OCO4)cc1. The van der Waals surface area contributed by atoms with Crippen LogP contribution in [0.1, 0.15) is 28.7 Å². The third-order valence-electron chi connectivity index (χ3n) is 7.84. The molecule has 0 bridgehead atoms. The molecule has 1 fully saturated rings. The molecule has 1 aliphatic carbocycles. The summed E-state index contributed by atoms with van der Waals surface area (Å²) in [5.41, 5.74) is 2.17. The summed E-state index contributed by atoms with van der Waals surface area (Å²) in [6.07, 6.45) is -0.795. The van der Waals surface area contributed by atoms with Gasteiger partial charge in [-0.1, -0.05) is 0 Å². The second-order valence-corrected chi connectivity index (χ2v) is 9.97. The first-order valence-electron chi connectivity index (χ1n) is 13.3. The van der Waals surface area contributed by atoms with Crippen molar-refractivity contribution in [2.24, 2.45) is 11.8 Å². The molecule has 4 unspecified atom stereocenters. The standard InChI is InChI=1S/C31H30O11/c1-34-17-5-7-18(8-6-17)38-14-26(32)42-29-20-12-23-22(40-15-41-23)11-19(20)27(28-21(29)13-39-31(28)33)16-9-24(35-2)30(37-4)25(10-16)36-3/h5-12,21,27-29H,13-15H2,1-4H3. The Morgan fingerprint density at radius 1 is 0.810 bits per heavy atom. The number of methoxy groups -OCH3 is 4. The Morgan fingerprint density at radius 2 is 1.45 bits per heavy atom. The highest BCUT2D eigenvalue weighted by Gasteiger charge is 2.54. The third-order valence-corrected chi connectivity index (χ3v) is 7.84. The summed E-state index contributed by atoms with van der Waals surface area (Å²) in [7, 11) is 6.16. The van der Waals surface area contributed by atoms with Crippen molar-refractivity contribution in [2.45, 2.75) is 12.0 Å². The van der Waals surface area contributed by atoms with Gasteiger partial charge in [-0.2, -0.15) is 0 Å². The van der Waals surface area contributed by atoms with Crippen molar-refractivity contribution < 1.29 is 52.2 Å². The first-order valence-corrected chi connectivity index (χ1v) is 13.3. The maximum Gasteiger partial charge on any atom is 0.344 e. The molecular weight excluding hydrogens is 548 g/mol. The van der Waals surface area contributed by atoms with Crippen LogP contribution in [0.4, 0.5) is 0 Å². The Morgan fingerprint density at radius 3 is 2.07 bits per heavy atom. The molecule has 2 heterocycles. The smallest absolute Gasteiger partial charge is 0.344 e. The number of cyclic esters (lactones) is 1. The Hall–Kier alpha value is -4.80. The van der Waals surface area contributed by atoms with Crippen molar-refractivity contribution in [3.8, 4) is 40.2 Å². The zero-order valence-corrected chi connectivity index (χ0v) is 23.5. The summed E-state index contributed by atoms with van der Waals surface area (Å²) in [4.78, 5) is 26.4. The zero-order valence-electron chi connectivity index (χ0n) is 23.5. The molecule has 3 aromatic carbocycles. The summed E-state index contributed by atoms with van der Waals surface area (Å²) >= 11 is 0. The van der Waals surface area contributed by atoms with Crippen LogP contribution in [0.2, 0.25) is 0 Å². The molecule has 3 aromatic rings. The summed E-state index contributed by atoms with van der Waals surface area (Å²) in [6, 6.07) is 14.1. The quantitative estimate of drug-likeness (QED) is 0.342. The van der Waals surface area contributed by atoms with Crippen molar-refractivity contribution in [3.05, 3.63) is 65.2 Å². The minimum absolute atomic E-state index is 0.0577. The number of hydrogen-bond acceptors (Lipinski definition) is 11. The summed E-state index contributed by atoms with van der Waals surface area (Å²) < 4.78 is 50.5. The van der Waals surface area contributed by atoms with Crippen molar-refractivity contribution in [1.29, 1.82) is 0 Å². The Kier molecular flexibility index (Phi) is 7.32. The molecule has 42 heavy (non-hydrogen) atoms. The number of rotatable bonds is 9. The highest BCUT2D eigenvalue weighted by Crippen LogP contribution is 2.56. The molecule has 0 spiro atoms. The molecule has 0 N–H and O–H groups in total. The summed E-state index contributed by atoms with van der Waals surface area (Å²) in [5, 5.41) is 0. The van der Waals surface area contributed by atoms with E-state index < -0.39 is 35.8 Å². The first-order chi connectivity index (χ1) is 20.4. The van der Waals surface area contributed by atoms with Crippen LogP contribution in [0, 0.1) is 11.8 Å². The Bertz CT molecular complexity index is 1470. The van der Waals surface area contributed by atoms with E-state index >= 15 is 0 Å². The van der Waals surface area contributed by atoms with Gasteiger partial charge in [-0.15, -0.1) is 0 Å². The van der Waals surface area contributed by atoms with Crippen molar-refractivity contribution >= 4 is 11.9 Å². The molecule has 0 aromatic heterocycles. The van der Waals surface area contributed by atoms with E-state index in [1.807, 2.05) is 24.3 Å². The second-order valence-electron chi connectivity index (χ2n) is 9.97. The molecule has 6 rings (SSSR count). The number of benzene rings is 3. The number of fused-ring (bicyclic) bond motifs is 3. The number of hydrogen-bond donors (Lipinski definition) is 0. The predicted molar refractivity (Wildman–Crippen MR) is 146 cm³/mol. The van der Waals surface area contributed by atoms with Crippen molar-refractivity contribution in [3.63, 3.8) is 0 Å². The number of carbonyl (C=O) groups is 2. The number of ether oxygens (including phenoxy) is 9. The monoisotopic (exact) mass is 578 g/mol. The molecule has 0 amide bonds. The van der Waals surface area contributed by atoms with Gasteiger partial charge in [0.2, 0.25) is 12.5 Å². The minimum atomic E-state index is -0.795. The summed E-state index contributed by atoms with van der Waals surface area (Å²) in [5.74, 6) is 0.916. The third kappa shape index (κ3) is 4.74. The van der Waals surface area contributed by atoms with Gasteiger partial charge < -0.3 is 42.6 Å². The number of carbonyl (C=O) groups excluding carboxylic acids is 2.